The van der Waals surface area contributed by atoms with Crippen molar-refractivity contribution in [1.29, 1.82) is 0 Å². The highest BCUT2D eigenvalue weighted by molar-refractivity contribution is 6.83. The lowest BCUT2D eigenvalue weighted by molar-refractivity contribution is 0.419. The maximum absolute atomic E-state index is 3.76. The summed E-state index contributed by atoms with van der Waals surface area (Å²) < 4.78 is 0. The van der Waals surface area contributed by atoms with Crippen molar-refractivity contribution < 1.29 is 0 Å². The Morgan fingerprint density at radius 1 is 1.05 bits per heavy atom. The largest absolute Gasteiger partial charge is 0.130 e. The van der Waals surface area contributed by atoms with E-state index in [-0.39, 0.29) is 0 Å². The number of unbranched alkanes of at least 4 members (excludes halogenated alkanes) is 3. The first kappa shape index (κ1) is 16.8. The SMILES string of the molecule is CCCCCCC(=C=CC1CCCCC1)[Si](C)(C)C. The first-order valence-corrected chi connectivity index (χ1v) is 12.0. The van der Waals surface area contributed by atoms with Crippen molar-refractivity contribution >= 4 is 8.07 Å². The van der Waals surface area contributed by atoms with Crippen molar-refractivity contribution in [3.05, 3.63) is 17.0 Å². The van der Waals surface area contributed by atoms with Crippen molar-refractivity contribution in [3.8, 4) is 0 Å². The Morgan fingerprint density at radius 2 is 1.74 bits per heavy atom. The molecular weight excluding hydrogens is 244 g/mol. The monoisotopic (exact) mass is 278 g/mol. The van der Waals surface area contributed by atoms with Gasteiger partial charge in [-0.2, -0.15) is 0 Å². The van der Waals surface area contributed by atoms with E-state index in [0.717, 1.165) is 5.92 Å². The third kappa shape index (κ3) is 7.18. The van der Waals surface area contributed by atoms with Gasteiger partial charge in [-0.1, -0.05) is 65.1 Å². The van der Waals surface area contributed by atoms with Crippen LogP contribution in [0, 0.1) is 5.92 Å². The van der Waals surface area contributed by atoms with Gasteiger partial charge in [0.1, 0.15) is 0 Å². The summed E-state index contributed by atoms with van der Waals surface area (Å²) in [5.41, 5.74) is 3.76. The van der Waals surface area contributed by atoms with Crippen molar-refractivity contribution in [2.24, 2.45) is 5.92 Å². The van der Waals surface area contributed by atoms with Crippen LogP contribution < -0.4 is 0 Å². The summed E-state index contributed by atoms with van der Waals surface area (Å²) in [5, 5.41) is 1.68. The van der Waals surface area contributed by atoms with E-state index in [4.69, 9.17) is 0 Å². The summed E-state index contributed by atoms with van der Waals surface area (Å²) in [6.07, 6.45) is 16.4. The van der Waals surface area contributed by atoms with Crippen LogP contribution in [-0.4, -0.2) is 8.07 Å². The zero-order valence-corrected chi connectivity index (χ0v) is 14.7. The molecular formula is C18H34Si. The summed E-state index contributed by atoms with van der Waals surface area (Å²) in [5.74, 6) is 0.829. The van der Waals surface area contributed by atoms with Crippen molar-refractivity contribution in [2.75, 3.05) is 0 Å². The van der Waals surface area contributed by atoms with Crippen LogP contribution in [0.25, 0.3) is 0 Å². The van der Waals surface area contributed by atoms with Crippen molar-refractivity contribution in [3.63, 3.8) is 0 Å². The Hall–Kier alpha value is -0.263. The summed E-state index contributed by atoms with van der Waals surface area (Å²) in [4.78, 5) is 0. The Kier molecular flexibility index (Phi) is 7.79. The zero-order valence-electron chi connectivity index (χ0n) is 13.7. The van der Waals surface area contributed by atoms with E-state index in [2.05, 4.69) is 38.4 Å². The van der Waals surface area contributed by atoms with E-state index in [1.807, 2.05) is 0 Å². The molecule has 0 heterocycles. The first-order chi connectivity index (χ1) is 9.04. The molecule has 1 aliphatic rings. The highest BCUT2D eigenvalue weighted by atomic mass is 28.3. The molecule has 0 atom stereocenters. The molecule has 0 N–H and O–H groups in total. The van der Waals surface area contributed by atoms with Gasteiger partial charge in [0, 0.05) is 0 Å². The summed E-state index contributed by atoms with van der Waals surface area (Å²) in [6.45, 7) is 9.72. The van der Waals surface area contributed by atoms with Gasteiger partial charge in [0.15, 0.2) is 0 Å². The van der Waals surface area contributed by atoms with E-state index in [1.165, 1.54) is 64.2 Å². The zero-order chi connectivity index (χ0) is 14.1. The molecule has 0 aromatic heterocycles. The van der Waals surface area contributed by atoms with E-state index in [9.17, 15) is 0 Å². The minimum atomic E-state index is -1.16. The highest BCUT2D eigenvalue weighted by Crippen LogP contribution is 2.26. The standard InChI is InChI=1S/C18H34Si/c1-5-6-7-11-14-18(19(2,3)4)16-15-17-12-9-8-10-13-17/h15,17H,5-14H2,1-4H3. The van der Waals surface area contributed by atoms with Gasteiger partial charge in [-0.3, -0.25) is 0 Å². The minimum absolute atomic E-state index is 0.829. The third-order valence-electron chi connectivity index (χ3n) is 4.33. The molecule has 1 fully saturated rings. The molecule has 19 heavy (non-hydrogen) atoms. The van der Waals surface area contributed by atoms with Crippen LogP contribution in [0.15, 0.2) is 17.0 Å². The molecule has 0 aromatic carbocycles. The average Bonchev–Trinajstić information content (AvgIpc) is 2.37. The lowest BCUT2D eigenvalue weighted by atomic mass is 9.89. The first-order valence-electron chi connectivity index (χ1n) is 8.50. The summed E-state index contributed by atoms with van der Waals surface area (Å²) in [6, 6.07) is 0. The Morgan fingerprint density at radius 3 is 2.32 bits per heavy atom. The fourth-order valence-electron chi connectivity index (χ4n) is 2.91. The van der Waals surface area contributed by atoms with E-state index in [0.29, 0.717) is 0 Å². The second-order valence-electron chi connectivity index (χ2n) is 7.25. The van der Waals surface area contributed by atoms with Crippen LogP contribution >= 0.6 is 0 Å². The Labute approximate surface area is 122 Å². The predicted octanol–water partition coefficient (Wildman–Crippen LogP) is 6.50. The van der Waals surface area contributed by atoms with Gasteiger partial charge >= 0.3 is 0 Å². The quantitative estimate of drug-likeness (QED) is 0.283. The van der Waals surface area contributed by atoms with Crippen LogP contribution in [0.5, 0.6) is 0 Å². The molecule has 1 heteroatoms. The number of hydrogen-bond acceptors (Lipinski definition) is 0. The molecule has 1 rings (SSSR count). The molecule has 0 spiro atoms. The van der Waals surface area contributed by atoms with Crippen LogP contribution in [0.3, 0.4) is 0 Å². The molecule has 0 bridgehead atoms. The summed E-state index contributed by atoms with van der Waals surface area (Å²) >= 11 is 0. The molecule has 0 unspecified atom stereocenters. The predicted molar refractivity (Wildman–Crippen MR) is 90.3 cm³/mol. The number of rotatable bonds is 7. The van der Waals surface area contributed by atoms with Gasteiger partial charge in [-0.05, 0) is 42.9 Å². The van der Waals surface area contributed by atoms with Crippen molar-refractivity contribution in [1.82, 2.24) is 0 Å². The maximum Gasteiger partial charge on any atom is 0.0823 e. The van der Waals surface area contributed by atoms with Crippen LogP contribution in [-0.2, 0) is 0 Å². The van der Waals surface area contributed by atoms with Crippen LogP contribution in [0.2, 0.25) is 19.6 Å². The van der Waals surface area contributed by atoms with E-state index in [1.54, 1.807) is 5.20 Å². The molecule has 0 saturated heterocycles. The molecule has 0 amide bonds. The Balaban J connectivity index is 2.58. The van der Waals surface area contributed by atoms with Gasteiger partial charge < -0.3 is 0 Å². The van der Waals surface area contributed by atoms with Gasteiger partial charge in [0.25, 0.3) is 0 Å². The van der Waals surface area contributed by atoms with Gasteiger partial charge in [0.05, 0.1) is 8.07 Å². The van der Waals surface area contributed by atoms with E-state index < -0.39 is 8.07 Å². The second kappa shape index (κ2) is 8.82. The smallest absolute Gasteiger partial charge is 0.0823 e. The van der Waals surface area contributed by atoms with Crippen LogP contribution in [0.1, 0.15) is 71.1 Å². The van der Waals surface area contributed by atoms with Gasteiger partial charge in [-0.15, -0.1) is 5.73 Å². The Bertz CT molecular complexity index is 296. The fraction of sp³-hybridized carbons (Fsp3) is 0.833. The van der Waals surface area contributed by atoms with Gasteiger partial charge in [0.2, 0.25) is 0 Å². The summed E-state index contributed by atoms with van der Waals surface area (Å²) in [7, 11) is -1.16. The van der Waals surface area contributed by atoms with Crippen LogP contribution in [0.4, 0.5) is 0 Å². The topological polar surface area (TPSA) is 0 Å². The van der Waals surface area contributed by atoms with Crippen molar-refractivity contribution in [2.45, 2.75) is 90.8 Å². The lowest BCUT2D eigenvalue weighted by Crippen LogP contribution is -2.23. The molecule has 0 nitrogen and oxygen atoms in total. The second-order valence-corrected chi connectivity index (χ2v) is 12.4. The number of allylic oxidation sites excluding steroid dienone is 1. The molecule has 0 aliphatic heterocycles. The molecule has 110 valence electrons. The molecule has 0 radical (unpaired) electrons. The molecule has 1 saturated carbocycles. The number of hydrogen-bond donors (Lipinski definition) is 0. The lowest BCUT2D eigenvalue weighted by Gasteiger charge is -2.20. The normalized spacial score (nSPS) is 17.1. The minimum Gasteiger partial charge on any atom is -0.130 e. The van der Waals surface area contributed by atoms with E-state index >= 15 is 0 Å². The fourth-order valence-corrected chi connectivity index (χ4v) is 4.35. The average molecular weight is 279 g/mol. The molecule has 1 aliphatic carbocycles. The molecule has 0 aromatic rings. The highest BCUT2D eigenvalue weighted by Gasteiger charge is 2.19. The van der Waals surface area contributed by atoms with Gasteiger partial charge in [-0.25, -0.2) is 0 Å². The third-order valence-corrected chi connectivity index (χ3v) is 6.53. The maximum atomic E-state index is 3.76.